The lowest BCUT2D eigenvalue weighted by molar-refractivity contribution is -0.122. The van der Waals surface area contributed by atoms with Crippen molar-refractivity contribution in [3.05, 3.63) is 45.8 Å². The molecule has 1 aliphatic heterocycles. The van der Waals surface area contributed by atoms with Gasteiger partial charge in [-0.15, -0.1) is 11.3 Å². The van der Waals surface area contributed by atoms with E-state index in [0.717, 1.165) is 22.3 Å². The molecule has 0 atom stereocenters. The molecule has 0 aliphatic carbocycles. The first-order valence-electron chi connectivity index (χ1n) is 7.78. The molecule has 5 nitrogen and oxygen atoms in total. The number of thiocarbonyl (C=S) groups is 1. The number of thiazole rings is 1. The van der Waals surface area contributed by atoms with Crippen LogP contribution in [-0.2, 0) is 9.59 Å². The van der Waals surface area contributed by atoms with Crippen molar-refractivity contribution in [3.8, 4) is 0 Å². The number of rotatable bonds is 4. The Kier molecular flexibility index (Phi) is 5.68. The number of thioether (sulfide) groups is 1. The number of benzene rings is 1. The Balaban J connectivity index is 1.94. The van der Waals surface area contributed by atoms with Gasteiger partial charge in [0.1, 0.15) is 16.0 Å². The van der Waals surface area contributed by atoms with Crippen molar-refractivity contribution in [1.82, 2.24) is 9.88 Å². The summed E-state index contributed by atoms with van der Waals surface area (Å²) in [6, 6.07) is 2.95. The topological polar surface area (TPSA) is 53.5 Å². The first kappa shape index (κ1) is 19.6. The smallest absolute Gasteiger partial charge is 0.266 e. The molecule has 0 spiro atoms. The molecule has 1 fully saturated rings. The molecule has 1 aliphatic rings. The summed E-state index contributed by atoms with van der Waals surface area (Å²) < 4.78 is 27.8. The maximum Gasteiger partial charge on any atom is 0.266 e. The molecule has 2 heterocycles. The lowest BCUT2D eigenvalue weighted by atomic mass is 10.2. The van der Waals surface area contributed by atoms with Crippen molar-refractivity contribution in [3.63, 3.8) is 0 Å². The van der Waals surface area contributed by atoms with Gasteiger partial charge in [0.2, 0.25) is 5.91 Å². The monoisotopic (exact) mass is 425 g/mol. The number of hydrogen-bond donors (Lipinski definition) is 0. The number of nitrogens with zero attached hydrogens (tertiary/aromatic N) is 3. The second-order valence-corrected chi connectivity index (χ2v) is 7.94. The van der Waals surface area contributed by atoms with E-state index in [9.17, 15) is 18.4 Å². The fourth-order valence-corrected chi connectivity index (χ4v) is 4.63. The Morgan fingerprint density at radius 3 is 2.74 bits per heavy atom. The van der Waals surface area contributed by atoms with Crippen molar-refractivity contribution in [2.45, 2.75) is 13.8 Å². The van der Waals surface area contributed by atoms with Crippen LogP contribution in [0.25, 0.3) is 6.08 Å². The van der Waals surface area contributed by atoms with E-state index in [2.05, 4.69) is 4.98 Å². The van der Waals surface area contributed by atoms with Gasteiger partial charge in [-0.1, -0.05) is 24.0 Å². The molecular weight excluding hydrogens is 412 g/mol. The number of amides is 2. The second-order valence-electron chi connectivity index (χ2n) is 5.43. The highest BCUT2D eigenvalue weighted by Gasteiger charge is 2.31. The van der Waals surface area contributed by atoms with Gasteiger partial charge in [0.05, 0.1) is 16.3 Å². The Morgan fingerprint density at radius 1 is 1.41 bits per heavy atom. The molecule has 1 saturated heterocycles. The summed E-state index contributed by atoms with van der Waals surface area (Å²) in [6.07, 6.45) is 1.58. The standard InChI is InChI=1S/C17H13F2N3O2S3/c1-3-21-15(24)14(27-17(21)25)7-11-8-26-16(20-11)22(9(2)23)13-5-4-10(18)6-12(13)19/h4-8H,3H2,1-2H3/b14-7+. The third-order valence-electron chi connectivity index (χ3n) is 3.64. The molecule has 0 saturated carbocycles. The summed E-state index contributed by atoms with van der Waals surface area (Å²) in [6.45, 7) is 3.57. The van der Waals surface area contributed by atoms with Crippen LogP contribution in [-0.4, -0.2) is 32.6 Å². The van der Waals surface area contributed by atoms with Crippen LogP contribution in [0, 0.1) is 11.6 Å². The quantitative estimate of drug-likeness (QED) is 0.539. The highest BCUT2D eigenvalue weighted by atomic mass is 32.2. The number of hydrogen-bond acceptors (Lipinski definition) is 6. The largest absolute Gasteiger partial charge is 0.293 e. The molecule has 1 aromatic carbocycles. The van der Waals surface area contributed by atoms with Crippen LogP contribution in [0.5, 0.6) is 0 Å². The number of anilines is 2. The first-order valence-corrected chi connectivity index (χ1v) is 9.89. The molecule has 3 rings (SSSR count). The van der Waals surface area contributed by atoms with E-state index in [1.54, 1.807) is 11.5 Å². The summed E-state index contributed by atoms with van der Waals surface area (Å²) in [5, 5.41) is 1.86. The van der Waals surface area contributed by atoms with Gasteiger partial charge >= 0.3 is 0 Å². The second kappa shape index (κ2) is 7.83. The Bertz CT molecular complexity index is 974. The van der Waals surface area contributed by atoms with Crippen molar-refractivity contribution in [2.75, 3.05) is 11.4 Å². The fourth-order valence-electron chi connectivity index (χ4n) is 2.42. The number of halogens is 2. The zero-order valence-electron chi connectivity index (χ0n) is 14.2. The van der Waals surface area contributed by atoms with E-state index in [1.165, 1.54) is 29.7 Å². The number of aromatic nitrogens is 1. The Morgan fingerprint density at radius 2 is 2.15 bits per heavy atom. The third-order valence-corrected chi connectivity index (χ3v) is 5.86. The van der Waals surface area contributed by atoms with Crippen LogP contribution in [0.1, 0.15) is 19.5 Å². The summed E-state index contributed by atoms with van der Waals surface area (Å²) in [4.78, 5) is 31.6. The maximum absolute atomic E-state index is 14.1. The van der Waals surface area contributed by atoms with Crippen LogP contribution in [0.3, 0.4) is 0 Å². The van der Waals surface area contributed by atoms with Gasteiger partial charge < -0.3 is 0 Å². The van der Waals surface area contributed by atoms with Gasteiger partial charge in [0.25, 0.3) is 5.91 Å². The van der Waals surface area contributed by atoms with Gasteiger partial charge in [-0.2, -0.15) is 0 Å². The lowest BCUT2D eigenvalue weighted by Crippen LogP contribution is -2.27. The first-order chi connectivity index (χ1) is 12.8. The molecule has 0 bridgehead atoms. The molecule has 0 N–H and O–H groups in total. The van der Waals surface area contributed by atoms with Crippen LogP contribution >= 0.6 is 35.3 Å². The van der Waals surface area contributed by atoms with E-state index in [-0.39, 0.29) is 16.7 Å². The summed E-state index contributed by atoms with van der Waals surface area (Å²) >= 11 is 7.45. The summed E-state index contributed by atoms with van der Waals surface area (Å²) in [5.74, 6) is -2.28. The fraction of sp³-hybridized carbons (Fsp3) is 0.176. The van der Waals surface area contributed by atoms with Crippen molar-refractivity contribution in [2.24, 2.45) is 0 Å². The summed E-state index contributed by atoms with van der Waals surface area (Å²) in [7, 11) is 0. The number of carbonyl (C=O) groups is 2. The average molecular weight is 426 g/mol. The van der Waals surface area contributed by atoms with Gasteiger partial charge in [-0.25, -0.2) is 13.8 Å². The van der Waals surface area contributed by atoms with Gasteiger partial charge in [-0.05, 0) is 25.1 Å². The van der Waals surface area contributed by atoms with Gasteiger partial charge in [-0.3, -0.25) is 19.4 Å². The van der Waals surface area contributed by atoms with Crippen molar-refractivity contribution < 1.29 is 18.4 Å². The number of likely N-dealkylation sites (N-methyl/N-ethyl adjacent to an activating group) is 1. The van der Waals surface area contributed by atoms with Gasteiger partial charge in [0.15, 0.2) is 5.13 Å². The zero-order chi connectivity index (χ0) is 19.7. The Hall–Kier alpha value is -2.17. The van der Waals surface area contributed by atoms with Crippen LogP contribution in [0.4, 0.5) is 19.6 Å². The van der Waals surface area contributed by atoms with Crippen molar-refractivity contribution >= 4 is 68.3 Å². The van der Waals surface area contributed by atoms with E-state index >= 15 is 0 Å². The minimum Gasteiger partial charge on any atom is -0.293 e. The molecule has 1 aromatic heterocycles. The third kappa shape index (κ3) is 3.92. The molecular formula is C17H13F2N3O2S3. The van der Waals surface area contributed by atoms with E-state index in [4.69, 9.17) is 12.2 Å². The molecule has 2 amide bonds. The predicted octanol–water partition coefficient (Wildman–Crippen LogP) is 4.33. The van der Waals surface area contributed by atoms with E-state index in [0.29, 0.717) is 27.5 Å². The minimum atomic E-state index is -0.870. The molecule has 0 radical (unpaired) electrons. The molecule has 27 heavy (non-hydrogen) atoms. The normalized spacial score (nSPS) is 15.7. The highest BCUT2D eigenvalue weighted by Crippen LogP contribution is 2.35. The number of carbonyl (C=O) groups excluding carboxylic acids is 2. The maximum atomic E-state index is 14.1. The summed E-state index contributed by atoms with van der Waals surface area (Å²) in [5.41, 5.74) is 0.350. The zero-order valence-corrected chi connectivity index (χ0v) is 16.7. The predicted molar refractivity (Wildman–Crippen MR) is 107 cm³/mol. The minimum absolute atomic E-state index is 0.0953. The molecule has 2 aromatic rings. The SMILES string of the molecule is CCN1C(=O)/C(=C\c2csc(N(C(C)=O)c3ccc(F)cc3F)n2)SC1=S. The van der Waals surface area contributed by atoms with E-state index in [1.807, 2.05) is 6.92 Å². The molecule has 0 unspecified atom stereocenters. The lowest BCUT2D eigenvalue weighted by Gasteiger charge is -2.18. The Labute approximate surface area is 167 Å². The van der Waals surface area contributed by atoms with Gasteiger partial charge in [0, 0.05) is 24.9 Å². The van der Waals surface area contributed by atoms with Crippen LogP contribution in [0.15, 0.2) is 28.5 Å². The van der Waals surface area contributed by atoms with Crippen LogP contribution in [0.2, 0.25) is 0 Å². The molecule has 10 heteroatoms. The average Bonchev–Trinajstić information content (AvgIpc) is 3.15. The van der Waals surface area contributed by atoms with Crippen molar-refractivity contribution in [1.29, 1.82) is 0 Å². The highest BCUT2D eigenvalue weighted by molar-refractivity contribution is 8.26. The molecule has 140 valence electrons. The van der Waals surface area contributed by atoms with Crippen LogP contribution < -0.4 is 4.90 Å². The van der Waals surface area contributed by atoms with E-state index < -0.39 is 17.5 Å².